The number of nitrogens with two attached hydrogens (primary N) is 1. The second kappa shape index (κ2) is 8.38. The predicted molar refractivity (Wildman–Crippen MR) is 79.2 cm³/mol. The summed E-state index contributed by atoms with van der Waals surface area (Å²) in [5.41, 5.74) is 5.34. The largest absolute Gasteiger partial charge is 0.444 e. The van der Waals surface area contributed by atoms with Crippen LogP contribution in [0.4, 0.5) is 4.79 Å². The molecule has 0 saturated heterocycles. The van der Waals surface area contributed by atoms with Gasteiger partial charge in [-0.15, -0.1) is 0 Å². The Morgan fingerprint density at radius 1 is 1.37 bits per heavy atom. The summed E-state index contributed by atoms with van der Waals surface area (Å²) in [5, 5.41) is 2.80. The van der Waals surface area contributed by atoms with E-state index in [1.807, 2.05) is 20.8 Å². The summed E-state index contributed by atoms with van der Waals surface area (Å²) in [6.07, 6.45) is -0.383. The maximum atomic E-state index is 11.6. The molecular weight excluding hydrogens is 242 g/mol. The Hall–Kier alpha value is -0.810. The molecule has 0 saturated carbocycles. The lowest BCUT2D eigenvalue weighted by molar-refractivity contribution is 0.0507. The van der Waals surface area contributed by atoms with Gasteiger partial charge in [0.05, 0.1) is 0 Å². The Morgan fingerprint density at radius 2 is 1.95 bits per heavy atom. The highest BCUT2D eigenvalue weighted by atomic mass is 16.6. The van der Waals surface area contributed by atoms with E-state index in [1.54, 1.807) is 0 Å². The molecule has 19 heavy (non-hydrogen) atoms. The molecule has 5 nitrogen and oxygen atoms in total. The van der Waals surface area contributed by atoms with Crippen LogP contribution in [0.2, 0.25) is 0 Å². The van der Waals surface area contributed by atoms with E-state index in [-0.39, 0.29) is 12.1 Å². The molecule has 5 heteroatoms. The minimum atomic E-state index is -0.468. The zero-order chi connectivity index (χ0) is 15.1. The van der Waals surface area contributed by atoms with Crippen molar-refractivity contribution >= 4 is 6.09 Å². The summed E-state index contributed by atoms with van der Waals surface area (Å²) in [6.45, 7) is 15.0. The molecule has 3 N–H and O–H groups in total. The number of alkyl carbamates (subject to hydrolysis) is 1. The molecule has 0 spiro atoms. The number of likely N-dealkylation sites (N-methyl/N-ethyl adjacent to an activating group) is 1. The summed E-state index contributed by atoms with van der Waals surface area (Å²) in [7, 11) is 0. The molecule has 0 rings (SSSR count). The lowest BCUT2D eigenvalue weighted by Crippen LogP contribution is -2.49. The van der Waals surface area contributed by atoms with Crippen LogP contribution in [0, 0.1) is 5.92 Å². The summed E-state index contributed by atoms with van der Waals surface area (Å²) in [6, 6.07) is 0.153. The van der Waals surface area contributed by atoms with Crippen molar-refractivity contribution in [3.63, 3.8) is 0 Å². The van der Waals surface area contributed by atoms with Crippen molar-refractivity contribution in [3.8, 4) is 0 Å². The van der Waals surface area contributed by atoms with E-state index in [2.05, 4.69) is 31.0 Å². The number of amides is 1. The second-order valence-electron chi connectivity index (χ2n) is 6.25. The van der Waals surface area contributed by atoms with Crippen LogP contribution in [0.15, 0.2) is 0 Å². The highest BCUT2D eigenvalue weighted by Crippen LogP contribution is 2.07. The van der Waals surface area contributed by atoms with Gasteiger partial charge in [-0.05, 0) is 33.2 Å². The Labute approximate surface area is 117 Å². The molecule has 0 aromatic rings. The third-order valence-corrected chi connectivity index (χ3v) is 2.68. The van der Waals surface area contributed by atoms with Crippen molar-refractivity contribution < 1.29 is 9.53 Å². The molecule has 1 unspecified atom stereocenters. The van der Waals surface area contributed by atoms with Crippen molar-refractivity contribution in [1.82, 2.24) is 10.2 Å². The van der Waals surface area contributed by atoms with Gasteiger partial charge < -0.3 is 15.8 Å². The van der Waals surface area contributed by atoms with Crippen LogP contribution in [0.5, 0.6) is 0 Å². The van der Waals surface area contributed by atoms with Crippen LogP contribution in [-0.2, 0) is 4.74 Å². The molecule has 0 aliphatic carbocycles. The van der Waals surface area contributed by atoms with Crippen LogP contribution >= 0.6 is 0 Å². The number of hydrogen-bond donors (Lipinski definition) is 2. The van der Waals surface area contributed by atoms with E-state index < -0.39 is 5.60 Å². The fourth-order valence-corrected chi connectivity index (χ4v) is 1.88. The van der Waals surface area contributed by atoms with Crippen molar-refractivity contribution in [2.24, 2.45) is 11.7 Å². The van der Waals surface area contributed by atoms with Gasteiger partial charge >= 0.3 is 6.09 Å². The molecule has 0 aliphatic heterocycles. The van der Waals surface area contributed by atoms with Gasteiger partial charge in [0.15, 0.2) is 0 Å². The number of nitrogens with one attached hydrogen (secondary N) is 1. The first-order chi connectivity index (χ1) is 8.69. The second-order valence-corrected chi connectivity index (χ2v) is 6.25. The predicted octanol–water partition coefficient (Wildman–Crippen LogP) is 1.82. The third-order valence-electron chi connectivity index (χ3n) is 2.68. The molecule has 0 aromatic carbocycles. The molecule has 114 valence electrons. The minimum Gasteiger partial charge on any atom is -0.444 e. The molecule has 1 atom stereocenters. The van der Waals surface area contributed by atoms with Crippen LogP contribution in [0.3, 0.4) is 0 Å². The SMILES string of the molecule is CCN(CC(C)C)C(CN)CNC(=O)OC(C)(C)C. The molecule has 0 aromatic heterocycles. The molecule has 0 aliphatic rings. The van der Waals surface area contributed by atoms with Crippen molar-refractivity contribution in [3.05, 3.63) is 0 Å². The van der Waals surface area contributed by atoms with Crippen LogP contribution in [0.1, 0.15) is 41.5 Å². The van der Waals surface area contributed by atoms with Crippen molar-refractivity contribution in [2.75, 3.05) is 26.2 Å². The first-order valence-corrected chi connectivity index (χ1v) is 7.10. The van der Waals surface area contributed by atoms with E-state index in [0.717, 1.165) is 13.1 Å². The van der Waals surface area contributed by atoms with E-state index in [1.165, 1.54) is 0 Å². The van der Waals surface area contributed by atoms with Gasteiger partial charge in [-0.25, -0.2) is 4.79 Å². The van der Waals surface area contributed by atoms with E-state index in [9.17, 15) is 4.79 Å². The van der Waals surface area contributed by atoms with Gasteiger partial charge in [-0.2, -0.15) is 0 Å². The Balaban J connectivity index is 4.28. The van der Waals surface area contributed by atoms with E-state index >= 15 is 0 Å². The minimum absolute atomic E-state index is 0.153. The number of carbonyl (C=O) groups excluding carboxylic acids is 1. The summed E-state index contributed by atoms with van der Waals surface area (Å²) < 4.78 is 5.22. The third kappa shape index (κ3) is 8.83. The standard InChI is InChI=1S/C14H31N3O2/c1-7-17(10-11(2)3)12(8-15)9-16-13(18)19-14(4,5)6/h11-12H,7-10,15H2,1-6H3,(H,16,18). The van der Waals surface area contributed by atoms with Crippen LogP contribution in [0.25, 0.3) is 0 Å². The first-order valence-electron chi connectivity index (χ1n) is 7.10. The first kappa shape index (κ1) is 18.2. The molecule has 0 radical (unpaired) electrons. The monoisotopic (exact) mass is 273 g/mol. The van der Waals surface area contributed by atoms with Gasteiger partial charge in [0.1, 0.15) is 5.60 Å². The number of nitrogens with zero attached hydrogens (tertiary/aromatic N) is 1. The van der Waals surface area contributed by atoms with Crippen LogP contribution in [-0.4, -0.2) is 48.8 Å². The fraction of sp³-hybridized carbons (Fsp3) is 0.929. The van der Waals surface area contributed by atoms with Crippen molar-refractivity contribution in [2.45, 2.75) is 53.2 Å². The van der Waals surface area contributed by atoms with Crippen molar-refractivity contribution in [1.29, 1.82) is 0 Å². The zero-order valence-electron chi connectivity index (χ0n) is 13.3. The quantitative estimate of drug-likeness (QED) is 0.742. The summed E-state index contributed by atoms with van der Waals surface area (Å²) in [5.74, 6) is 0.579. The van der Waals surface area contributed by atoms with E-state index in [0.29, 0.717) is 19.0 Å². The fourth-order valence-electron chi connectivity index (χ4n) is 1.88. The molecule has 0 fully saturated rings. The lowest BCUT2D eigenvalue weighted by Gasteiger charge is -2.31. The molecule has 0 bridgehead atoms. The van der Waals surface area contributed by atoms with Gasteiger partial charge in [0.25, 0.3) is 0 Å². The van der Waals surface area contributed by atoms with Gasteiger partial charge in [-0.3, -0.25) is 4.90 Å². The average Bonchev–Trinajstić information content (AvgIpc) is 2.25. The maximum Gasteiger partial charge on any atom is 0.407 e. The Bertz CT molecular complexity index is 262. The highest BCUT2D eigenvalue weighted by molar-refractivity contribution is 5.67. The summed E-state index contributed by atoms with van der Waals surface area (Å²) >= 11 is 0. The lowest BCUT2D eigenvalue weighted by atomic mass is 10.1. The zero-order valence-corrected chi connectivity index (χ0v) is 13.3. The molecule has 0 heterocycles. The van der Waals surface area contributed by atoms with Gasteiger partial charge in [-0.1, -0.05) is 20.8 Å². The number of rotatable bonds is 7. The molecule has 1 amide bonds. The topological polar surface area (TPSA) is 67.6 Å². The number of ether oxygens (including phenoxy) is 1. The highest BCUT2D eigenvalue weighted by Gasteiger charge is 2.20. The maximum absolute atomic E-state index is 11.6. The molecular formula is C14H31N3O2. The van der Waals surface area contributed by atoms with Gasteiger partial charge in [0, 0.05) is 25.7 Å². The number of hydrogen-bond acceptors (Lipinski definition) is 4. The smallest absolute Gasteiger partial charge is 0.407 e. The average molecular weight is 273 g/mol. The van der Waals surface area contributed by atoms with Gasteiger partial charge in [0.2, 0.25) is 0 Å². The Morgan fingerprint density at radius 3 is 2.32 bits per heavy atom. The normalized spacial score (nSPS) is 13.7. The van der Waals surface area contributed by atoms with E-state index in [4.69, 9.17) is 10.5 Å². The van der Waals surface area contributed by atoms with Crippen LogP contribution < -0.4 is 11.1 Å². The number of carbonyl (C=O) groups is 1. The summed E-state index contributed by atoms with van der Waals surface area (Å²) in [4.78, 5) is 13.9. The Kier molecular flexibility index (Phi) is 8.02.